The third-order valence-corrected chi connectivity index (χ3v) is 1.17. The van der Waals surface area contributed by atoms with Crippen molar-refractivity contribution in [2.24, 2.45) is 0 Å². The maximum Gasteiger partial charge on any atom is 0.294 e. The molecule has 1 aliphatic heterocycles. The van der Waals surface area contributed by atoms with E-state index in [1.54, 1.807) is 0 Å². The average molecular weight is 143 g/mol. The van der Waals surface area contributed by atoms with Crippen LogP contribution in [0.1, 0.15) is 0 Å². The number of aliphatic hydroxyl groups is 2. The highest BCUT2D eigenvalue weighted by Gasteiger charge is 2.34. The van der Waals surface area contributed by atoms with Crippen LogP contribution < -0.4 is 5.32 Å². The summed E-state index contributed by atoms with van der Waals surface area (Å²) in [5, 5.41) is 18.9. The van der Waals surface area contributed by atoms with Crippen LogP contribution in [-0.2, 0) is 9.59 Å². The first kappa shape index (κ1) is 6.76. The molecule has 0 saturated carbocycles. The van der Waals surface area contributed by atoms with E-state index in [0.717, 1.165) is 0 Å². The van der Waals surface area contributed by atoms with Gasteiger partial charge >= 0.3 is 0 Å². The maximum atomic E-state index is 10.5. The Bertz CT molecular complexity index is 220. The second-order valence-corrected chi connectivity index (χ2v) is 1.79. The Morgan fingerprint density at radius 3 is 2.30 bits per heavy atom. The Morgan fingerprint density at radius 1 is 1.50 bits per heavy atom. The maximum absolute atomic E-state index is 10.5. The van der Waals surface area contributed by atoms with Crippen LogP contribution in [0.5, 0.6) is 0 Å². The molecule has 0 radical (unpaired) electrons. The third kappa shape index (κ3) is 0.763. The number of aliphatic hydroxyl groups excluding tert-OH is 2. The predicted octanol–water partition coefficient (Wildman–Crippen LogP) is -1.55. The monoisotopic (exact) mass is 143 g/mol. The summed E-state index contributed by atoms with van der Waals surface area (Å²) in [4.78, 5) is 20.9. The molecule has 54 valence electrons. The fourth-order valence-electron chi connectivity index (χ4n) is 0.652. The molecule has 0 aliphatic carbocycles. The van der Waals surface area contributed by atoms with Crippen molar-refractivity contribution in [2.75, 3.05) is 0 Å². The minimum atomic E-state index is -1.36. The number of carbonyl (C=O) groups excluding carboxylic acids is 2. The van der Waals surface area contributed by atoms with Gasteiger partial charge in [0, 0.05) is 0 Å². The molecule has 1 unspecified atom stereocenters. The molecule has 1 rings (SSSR count). The zero-order chi connectivity index (χ0) is 7.72. The van der Waals surface area contributed by atoms with Gasteiger partial charge in [-0.3, -0.25) is 9.59 Å². The van der Waals surface area contributed by atoms with E-state index in [2.05, 4.69) is 0 Å². The van der Waals surface area contributed by atoms with E-state index < -0.39 is 17.9 Å². The summed E-state index contributed by atoms with van der Waals surface area (Å²) in [5.74, 6) is -1.79. The van der Waals surface area contributed by atoms with Crippen LogP contribution in [0.3, 0.4) is 0 Å². The zero-order valence-electron chi connectivity index (χ0n) is 4.87. The van der Waals surface area contributed by atoms with Crippen molar-refractivity contribution in [3.8, 4) is 0 Å². The largest absolute Gasteiger partial charge is 0.515 e. The van der Waals surface area contributed by atoms with E-state index >= 15 is 0 Å². The van der Waals surface area contributed by atoms with Crippen molar-refractivity contribution in [3.05, 3.63) is 11.8 Å². The molecule has 0 aromatic rings. The summed E-state index contributed by atoms with van der Waals surface area (Å²) in [6, 6.07) is 0. The fraction of sp³-hybridized carbons (Fsp3) is 0.200. The lowest BCUT2D eigenvalue weighted by molar-refractivity contribution is -0.134. The van der Waals surface area contributed by atoms with Gasteiger partial charge in [-0.05, 0) is 0 Å². The van der Waals surface area contributed by atoms with Crippen molar-refractivity contribution in [3.63, 3.8) is 0 Å². The van der Waals surface area contributed by atoms with Crippen molar-refractivity contribution in [1.29, 1.82) is 0 Å². The summed E-state index contributed by atoms with van der Waals surface area (Å²) in [7, 11) is 0. The van der Waals surface area contributed by atoms with Gasteiger partial charge in [0.05, 0.1) is 11.8 Å². The molecule has 1 fully saturated rings. The number of Topliss-reactive ketones (excluding diaryl/α,β-unsaturated/α-hetero) is 1. The number of nitrogens with one attached hydrogen (secondary N) is 1. The van der Waals surface area contributed by atoms with Crippen molar-refractivity contribution >= 4 is 11.7 Å². The standard InChI is InChI=1S/C5H5NO4/c7-1-2-3(8)5(10)6-4(2)9/h1,4,7,9H,(H,6,10)/b2-1-. The summed E-state index contributed by atoms with van der Waals surface area (Å²) in [6.07, 6.45) is -0.935. The highest BCUT2D eigenvalue weighted by Crippen LogP contribution is 2.07. The second kappa shape index (κ2) is 2.11. The molecular weight excluding hydrogens is 138 g/mol. The fourth-order valence-corrected chi connectivity index (χ4v) is 0.652. The highest BCUT2D eigenvalue weighted by atomic mass is 16.3. The van der Waals surface area contributed by atoms with E-state index in [9.17, 15) is 9.59 Å². The van der Waals surface area contributed by atoms with E-state index in [1.165, 1.54) is 0 Å². The van der Waals surface area contributed by atoms with Crippen molar-refractivity contribution in [1.82, 2.24) is 5.32 Å². The van der Waals surface area contributed by atoms with Gasteiger partial charge in [-0.15, -0.1) is 0 Å². The number of rotatable bonds is 0. The molecular formula is C5H5NO4. The van der Waals surface area contributed by atoms with Crippen LogP contribution in [-0.4, -0.2) is 28.1 Å². The Hall–Kier alpha value is -1.36. The van der Waals surface area contributed by atoms with E-state index in [4.69, 9.17) is 10.2 Å². The molecule has 0 bridgehead atoms. The van der Waals surface area contributed by atoms with E-state index in [1.807, 2.05) is 5.32 Å². The van der Waals surface area contributed by atoms with Crippen LogP contribution in [0.4, 0.5) is 0 Å². The van der Waals surface area contributed by atoms with Gasteiger partial charge in [0.2, 0.25) is 0 Å². The summed E-state index contributed by atoms with van der Waals surface area (Å²) in [6.45, 7) is 0. The first-order valence-corrected chi connectivity index (χ1v) is 2.54. The molecule has 1 heterocycles. The second-order valence-electron chi connectivity index (χ2n) is 1.79. The lowest BCUT2D eigenvalue weighted by atomic mass is 10.2. The van der Waals surface area contributed by atoms with Crippen LogP contribution >= 0.6 is 0 Å². The number of ketones is 1. The number of amides is 1. The van der Waals surface area contributed by atoms with E-state index in [-0.39, 0.29) is 5.57 Å². The molecule has 5 nitrogen and oxygen atoms in total. The minimum Gasteiger partial charge on any atom is -0.515 e. The molecule has 0 spiro atoms. The molecule has 1 aliphatic rings. The molecule has 1 atom stereocenters. The van der Waals surface area contributed by atoms with Crippen LogP contribution in [0.25, 0.3) is 0 Å². The normalized spacial score (nSPS) is 29.3. The molecule has 1 saturated heterocycles. The molecule has 1 amide bonds. The van der Waals surface area contributed by atoms with Gasteiger partial charge in [-0.1, -0.05) is 0 Å². The molecule has 3 N–H and O–H groups in total. The lowest BCUT2D eigenvalue weighted by Crippen LogP contribution is -2.25. The van der Waals surface area contributed by atoms with Crippen LogP contribution in [0.2, 0.25) is 0 Å². The molecule has 0 aromatic carbocycles. The molecule has 0 aromatic heterocycles. The predicted molar refractivity (Wildman–Crippen MR) is 29.9 cm³/mol. The molecule has 10 heavy (non-hydrogen) atoms. The summed E-state index contributed by atoms with van der Waals surface area (Å²) < 4.78 is 0. The van der Waals surface area contributed by atoms with Crippen molar-refractivity contribution in [2.45, 2.75) is 6.23 Å². The number of hydrogen-bond donors (Lipinski definition) is 3. The third-order valence-electron chi connectivity index (χ3n) is 1.17. The van der Waals surface area contributed by atoms with Gasteiger partial charge in [0.1, 0.15) is 0 Å². The minimum absolute atomic E-state index is 0.315. The average Bonchev–Trinajstić information content (AvgIpc) is 2.09. The highest BCUT2D eigenvalue weighted by molar-refractivity contribution is 6.45. The smallest absolute Gasteiger partial charge is 0.294 e. The van der Waals surface area contributed by atoms with Gasteiger partial charge < -0.3 is 15.5 Å². The van der Waals surface area contributed by atoms with Gasteiger partial charge in [0.15, 0.2) is 6.23 Å². The lowest BCUT2D eigenvalue weighted by Gasteiger charge is -1.97. The Balaban J connectivity index is 2.96. The number of carbonyl (C=O) groups is 2. The van der Waals surface area contributed by atoms with Gasteiger partial charge in [-0.2, -0.15) is 0 Å². The summed E-state index contributed by atoms with van der Waals surface area (Å²) in [5.41, 5.74) is -0.315. The Kier molecular flexibility index (Phi) is 1.42. The number of hydrogen-bond acceptors (Lipinski definition) is 4. The molecule has 5 heteroatoms. The first-order valence-electron chi connectivity index (χ1n) is 2.54. The first-order chi connectivity index (χ1) is 4.66. The van der Waals surface area contributed by atoms with Gasteiger partial charge in [-0.25, -0.2) is 0 Å². The summed E-state index contributed by atoms with van der Waals surface area (Å²) >= 11 is 0. The quantitative estimate of drug-likeness (QED) is 0.217. The van der Waals surface area contributed by atoms with E-state index in [0.29, 0.717) is 6.26 Å². The zero-order valence-corrected chi connectivity index (χ0v) is 4.87. The van der Waals surface area contributed by atoms with Crippen LogP contribution in [0, 0.1) is 0 Å². The topological polar surface area (TPSA) is 86.6 Å². The Morgan fingerprint density at radius 2 is 2.10 bits per heavy atom. The SMILES string of the molecule is O=C1NC(O)/C(=C\O)C1=O. The Labute approximate surface area is 56.0 Å². The van der Waals surface area contributed by atoms with Crippen LogP contribution in [0.15, 0.2) is 11.8 Å². The van der Waals surface area contributed by atoms with Gasteiger partial charge in [0.25, 0.3) is 11.7 Å². The van der Waals surface area contributed by atoms with Crippen molar-refractivity contribution < 1.29 is 19.8 Å².